The van der Waals surface area contributed by atoms with Crippen molar-refractivity contribution in [3.63, 3.8) is 0 Å². The Bertz CT molecular complexity index is 8120. The number of rotatable bonds is 6. The van der Waals surface area contributed by atoms with Gasteiger partial charge in [0, 0.05) is 152 Å². The molecule has 0 bridgehead atoms. The molecule has 0 aliphatic carbocycles. The summed E-state index contributed by atoms with van der Waals surface area (Å²) in [5.74, 6) is 1.34. The van der Waals surface area contributed by atoms with Crippen LogP contribution in [0, 0.1) is 0 Å². The normalized spacial score (nSPS) is 11.9. The summed E-state index contributed by atoms with van der Waals surface area (Å²) in [6.45, 7) is 0. The second-order valence-corrected chi connectivity index (χ2v) is 30.5. The van der Waals surface area contributed by atoms with Crippen LogP contribution in [0.3, 0.4) is 0 Å². The van der Waals surface area contributed by atoms with Gasteiger partial charge in [0.05, 0.1) is 120 Å². The van der Waals surface area contributed by atoms with E-state index >= 15 is 0 Å². The van der Waals surface area contributed by atoms with Crippen molar-refractivity contribution in [2.75, 3.05) is 0 Å². The molecule has 14 aromatic heterocycles. The number of pyridine rings is 3. The second kappa shape index (κ2) is 25.5. The highest BCUT2D eigenvalue weighted by Gasteiger charge is 2.25. The fourth-order valence-corrected chi connectivity index (χ4v) is 20.0. The Kier molecular flexibility index (Phi) is 14.5. The number of hydrogen-bond donors (Lipinski definition) is 0. The van der Waals surface area contributed by atoms with Crippen molar-refractivity contribution in [2.45, 2.75) is 0 Å². The molecule has 0 fully saturated rings. The van der Waals surface area contributed by atoms with Crippen molar-refractivity contribution < 1.29 is 0 Å². The van der Waals surface area contributed by atoms with Gasteiger partial charge in [0.2, 0.25) is 11.9 Å². The summed E-state index contributed by atoms with van der Waals surface area (Å²) in [7, 11) is 0. The molecule has 0 aliphatic heterocycles. The van der Waals surface area contributed by atoms with E-state index in [-0.39, 0.29) is 0 Å². The van der Waals surface area contributed by atoms with Crippen LogP contribution >= 0.6 is 34.0 Å². The lowest BCUT2D eigenvalue weighted by Crippen LogP contribution is -2.01. The average molecular weight is 1490 g/mol. The van der Waals surface area contributed by atoms with Gasteiger partial charge in [0.25, 0.3) is 0 Å². The molecule has 14 heterocycles. The standard InChI is InChI=1S/C35H20N6S.C30H17N5S.C28H15N5S/c1-2-10-30-22(7-1)23-11-12-24-32-31(14-13-27-33(32)39-18-17-38-27)42-35(24)34(23)41(30)21-19-28(25-8-3-5-15-36-25)40-29(20-21)26-9-4-6-16-37-26;1-2-6-18(7-3-1)22-14-15-33-30(34-22)35-24-9-5-4-8-19(24)20-10-11-21-26-25(36-29(21)28(20)35)13-12-23-27(26)32-17-16-31-23;1-3-7-20-16(5-1)15-31-28(32-20)33-22-8-4-2-6-17(22)18-9-10-19-24-23(34-27(19)26(18)33)12-11-21-25(24)30-14-13-29-21/h1-20H;1-17H;1-15H. The molecule has 522 valence electrons. The highest BCUT2D eigenvalue weighted by atomic mass is 32.1. The molecule has 0 aliphatic rings. The Morgan fingerprint density at radius 2 is 0.661 bits per heavy atom. The number of aromatic nitrogens is 16. The quantitative estimate of drug-likeness (QED) is 0.153. The molecule has 0 amide bonds. The Morgan fingerprint density at radius 3 is 1.15 bits per heavy atom. The van der Waals surface area contributed by atoms with Gasteiger partial charge in [-0.2, -0.15) is 0 Å². The van der Waals surface area contributed by atoms with Crippen LogP contribution in [0.25, 0.3) is 222 Å². The molecule has 11 aromatic carbocycles. The van der Waals surface area contributed by atoms with Crippen molar-refractivity contribution in [1.29, 1.82) is 0 Å². The minimum Gasteiger partial charge on any atom is -0.308 e. The zero-order chi connectivity index (χ0) is 73.5. The first kappa shape index (κ1) is 63.5. The van der Waals surface area contributed by atoms with Gasteiger partial charge in [-0.25, -0.2) is 24.9 Å². The predicted molar refractivity (Wildman–Crippen MR) is 459 cm³/mol. The number of nitrogens with zero attached hydrogens (tertiary/aromatic N) is 16. The highest BCUT2D eigenvalue weighted by molar-refractivity contribution is 7.27. The Balaban J connectivity index is 0.000000101. The maximum atomic E-state index is 5.03. The fraction of sp³-hybridized carbons (Fsp3) is 0. The van der Waals surface area contributed by atoms with Gasteiger partial charge in [-0.3, -0.25) is 49.0 Å². The van der Waals surface area contributed by atoms with Crippen LogP contribution in [0.1, 0.15) is 0 Å². The molecule has 25 rings (SSSR count). The van der Waals surface area contributed by atoms with Gasteiger partial charge >= 0.3 is 0 Å². The Morgan fingerprint density at radius 1 is 0.241 bits per heavy atom. The molecule has 0 radical (unpaired) electrons. The minimum absolute atomic E-state index is 0.664. The van der Waals surface area contributed by atoms with Crippen molar-refractivity contribution in [1.82, 2.24) is 78.5 Å². The molecule has 25 aromatic rings. The third-order valence-corrected chi connectivity index (χ3v) is 24.7. The van der Waals surface area contributed by atoms with Gasteiger partial charge in [-0.05, 0) is 103 Å². The lowest BCUT2D eigenvalue weighted by molar-refractivity contribution is 0.995. The molecule has 0 saturated carbocycles. The molecule has 16 nitrogen and oxygen atoms in total. The molecule has 112 heavy (non-hydrogen) atoms. The van der Waals surface area contributed by atoms with Gasteiger partial charge in [-0.15, -0.1) is 34.0 Å². The number of fused-ring (bicyclic) bond motifs is 28. The topological polar surface area (TPSA) is 182 Å². The van der Waals surface area contributed by atoms with Crippen LogP contribution in [-0.2, 0) is 0 Å². The van der Waals surface area contributed by atoms with E-state index in [2.05, 4.69) is 213 Å². The second-order valence-electron chi connectivity index (χ2n) is 27.3. The largest absolute Gasteiger partial charge is 0.308 e. The van der Waals surface area contributed by atoms with Crippen LogP contribution < -0.4 is 0 Å². The van der Waals surface area contributed by atoms with Gasteiger partial charge in [0.15, 0.2) is 0 Å². The summed E-state index contributed by atoms with van der Waals surface area (Å²) >= 11 is 5.38. The van der Waals surface area contributed by atoms with E-state index in [1.54, 1.807) is 83.6 Å². The zero-order valence-corrected chi connectivity index (χ0v) is 61.4. The number of para-hydroxylation sites is 4. The van der Waals surface area contributed by atoms with Crippen LogP contribution in [0.5, 0.6) is 0 Å². The maximum absolute atomic E-state index is 5.03. The van der Waals surface area contributed by atoms with Gasteiger partial charge in [0.1, 0.15) is 0 Å². The minimum atomic E-state index is 0.664. The highest BCUT2D eigenvalue weighted by Crippen LogP contribution is 2.49. The summed E-state index contributed by atoms with van der Waals surface area (Å²) in [6.07, 6.45) is 17.9. The van der Waals surface area contributed by atoms with Crippen LogP contribution in [0.2, 0.25) is 0 Å². The van der Waals surface area contributed by atoms with Crippen LogP contribution in [0.15, 0.2) is 317 Å². The molecule has 0 unspecified atom stereocenters. The lowest BCUT2D eigenvalue weighted by atomic mass is 10.1. The third-order valence-electron chi connectivity index (χ3n) is 21.1. The Hall–Kier alpha value is -14.6. The van der Waals surface area contributed by atoms with Crippen molar-refractivity contribution in [2.24, 2.45) is 0 Å². The predicted octanol–water partition coefficient (Wildman–Crippen LogP) is 23.2. The summed E-state index contributed by atoms with van der Waals surface area (Å²) in [5, 5.41) is 15.2. The van der Waals surface area contributed by atoms with E-state index in [1.165, 1.54) is 76.7 Å². The van der Waals surface area contributed by atoms with E-state index in [4.69, 9.17) is 34.9 Å². The van der Waals surface area contributed by atoms with E-state index in [0.29, 0.717) is 11.9 Å². The molecular formula is C93H52N16S3. The number of benzene rings is 11. The number of hydrogen-bond acceptors (Lipinski definition) is 16. The first-order valence-corrected chi connectivity index (χ1v) is 38.9. The smallest absolute Gasteiger partial charge is 0.235 e. The fourth-order valence-electron chi connectivity index (χ4n) is 16.3. The first-order chi connectivity index (χ1) is 55.6. The van der Waals surface area contributed by atoms with Crippen LogP contribution in [0.4, 0.5) is 0 Å². The van der Waals surface area contributed by atoms with Crippen molar-refractivity contribution >= 4 is 204 Å². The van der Waals surface area contributed by atoms with Gasteiger partial charge < -0.3 is 4.57 Å². The zero-order valence-electron chi connectivity index (χ0n) is 58.9. The first-order valence-electron chi connectivity index (χ1n) is 36.5. The van der Waals surface area contributed by atoms with E-state index < -0.39 is 0 Å². The summed E-state index contributed by atoms with van der Waals surface area (Å²) in [4.78, 5) is 61.6. The van der Waals surface area contributed by atoms with Crippen molar-refractivity contribution in [3.05, 3.63) is 317 Å². The Labute approximate surface area is 646 Å². The molecule has 19 heteroatoms. The molecule has 0 atom stereocenters. The molecular weight excluding hydrogens is 1440 g/mol. The van der Waals surface area contributed by atoms with Crippen LogP contribution in [-0.4, -0.2) is 78.5 Å². The summed E-state index contributed by atoms with van der Waals surface area (Å²) < 4.78 is 14.0. The summed E-state index contributed by atoms with van der Waals surface area (Å²) in [5.41, 5.74) is 19.4. The third kappa shape index (κ3) is 10.0. The van der Waals surface area contributed by atoms with E-state index in [0.717, 1.165) is 133 Å². The molecule has 0 spiro atoms. The SMILES string of the molecule is c1ccc(-c2cc(-n3c4ccccc4c4ccc5c(sc6ccc7nccnc7c65)c43)cc(-c3ccccn3)n2)nc1.c1ccc(-c2ccnc(-n3c4ccccc4c4ccc5c(sc6ccc7nccnc7c65)c43)n2)cc1.c1ccc2nc(-n3c4ccccc4c4ccc5c(sc6ccc7nccnc7c65)c43)ncc2c1. The van der Waals surface area contributed by atoms with Gasteiger partial charge in [-0.1, -0.05) is 152 Å². The van der Waals surface area contributed by atoms with E-state index in [9.17, 15) is 0 Å². The monoisotopic (exact) mass is 1490 g/mol. The summed E-state index contributed by atoms with van der Waals surface area (Å²) in [6, 6.07) is 88.0. The number of thiophene rings is 3. The average Bonchev–Trinajstić information content (AvgIpc) is 1.56. The molecule has 0 saturated heterocycles. The maximum Gasteiger partial charge on any atom is 0.235 e. The lowest BCUT2D eigenvalue weighted by Gasteiger charge is -2.13. The van der Waals surface area contributed by atoms with E-state index in [1.807, 2.05) is 97.3 Å². The van der Waals surface area contributed by atoms with Crippen molar-refractivity contribution in [3.8, 4) is 51.6 Å². The molecule has 0 N–H and O–H groups in total.